The predicted molar refractivity (Wildman–Crippen MR) is 76.6 cm³/mol. The summed E-state index contributed by atoms with van der Waals surface area (Å²) in [5.41, 5.74) is 2.18. The van der Waals surface area contributed by atoms with Gasteiger partial charge in [-0.2, -0.15) is 5.10 Å². The molecule has 0 aliphatic carbocycles. The Bertz CT molecular complexity index is 559. The molecular formula is C13H22N6O. The lowest BCUT2D eigenvalue weighted by molar-refractivity contribution is 0.343. The summed E-state index contributed by atoms with van der Waals surface area (Å²) < 4.78 is 7.51. The van der Waals surface area contributed by atoms with Gasteiger partial charge in [-0.05, 0) is 40.9 Å². The van der Waals surface area contributed by atoms with Crippen LogP contribution in [-0.2, 0) is 6.54 Å². The van der Waals surface area contributed by atoms with Gasteiger partial charge < -0.3 is 14.6 Å². The zero-order chi connectivity index (χ0) is 14.7. The normalized spacial score (nSPS) is 12.9. The maximum Gasteiger partial charge on any atom is 0.315 e. The number of rotatable bonds is 6. The van der Waals surface area contributed by atoms with E-state index in [1.54, 1.807) is 0 Å². The maximum absolute atomic E-state index is 5.51. The minimum Gasteiger partial charge on any atom is -0.407 e. The highest BCUT2D eigenvalue weighted by molar-refractivity contribution is 5.17. The molecule has 2 heterocycles. The molecule has 7 heteroatoms. The molecule has 1 atom stereocenters. The van der Waals surface area contributed by atoms with E-state index in [0.717, 1.165) is 11.4 Å². The van der Waals surface area contributed by atoms with Crippen molar-refractivity contribution >= 4 is 6.01 Å². The highest BCUT2D eigenvalue weighted by atomic mass is 16.4. The minimum absolute atomic E-state index is 0.216. The molecule has 0 fully saturated rings. The number of aromatic nitrogens is 4. The molecule has 0 spiro atoms. The summed E-state index contributed by atoms with van der Waals surface area (Å²) in [7, 11) is 3.92. The Kier molecular flexibility index (Phi) is 4.39. The van der Waals surface area contributed by atoms with Crippen molar-refractivity contribution in [1.29, 1.82) is 0 Å². The van der Waals surface area contributed by atoms with Gasteiger partial charge in [0.25, 0.3) is 0 Å². The molecule has 0 saturated carbocycles. The van der Waals surface area contributed by atoms with Crippen molar-refractivity contribution in [2.45, 2.75) is 33.4 Å². The molecule has 7 nitrogen and oxygen atoms in total. The van der Waals surface area contributed by atoms with E-state index in [-0.39, 0.29) is 6.04 Å². The van der Waals surface area contributed by atoms with Crippen molar-refractivity contribution in [2.75, 3.05) is 26.0 Å². The first kappa shape index (κ1) is 14.5. The van der Waals surface area contributed by atoms with E-state index in [0.29, 0.717) is 25.0 Å². The molecule has 0 bridgehead atoms. The molecule has 0 aliphatic heterocycles. The molecule has 20 heavy (non-hydrogen) atoms. The molecule has 2 aromatic heterocycles. The molecule has 0 amide bonds. The third kappa shape index (κ3) is 3.57. The van der Waals surface area contributed by atoms with Crippen LogP contribution in [0.2, 0.25) is 0 Å². The van der Waals surface area contributed by atoms with Crippen molar-refractivity contribution in [1.82, 2.24) is 24.9 Å². The van der Waals surface area contributed by atoms with Crippen LogP contribution in [-0.4, -0.2) is 45.5 Å². The number of nitrogens with zero attached hydrogens (tertiary/aromatic N) is 5. The Morgan fingerprint density at radius 2 is 2.10 bits per heavy atom. The summed E-state index contributed by atoms with van der Waals surface area (Å²) >= 11 is 0. The molecule has 0 aliphatic rings. The first-order valence-electron chi connectivity index (χ1n) is 6.69. The van der Waals surface area contributed by atoms with Gasteiger partial charge in [0.1, 0.15) is 0 Å². The predicted octanol–water partition coefficient (Wildman–Crippen LogP) is 1.62. The van der Waals surface area contributed by atoms with E-state index in [4.69, 9.17) is 4.42 Å². The largest absolute Gasteiger partial charge is 0.407 e. The van der Waals surface area contributed by atoms with Crippen LogP contribution in [0, 0.1) is 13.8 Å². The zero-order valence-corrected chi connectivity index (χ0v) is 12.7. The van der Waals surface area contributed by atoms with Crippen LogP contribution < -0.4 is 5.32 Å². The molecule has 2 rings (SSSR count). The third-order valence-corrected chi connectivity index (χ3v) is 2.93. The van der Waals surface area contributed by atoms with Gasteiger partial charge in [-0.15, -0.1) is 5.10 Å². The number of aryl methyl sites for hydroxylation is 2. The molecule has 0 aromatic carbocycles. The average Bonchev–Trinajstić information content (AvgIpc) is 2.92. The van der Waals surface area contributed by atoms with Crippen LogP contribution >= 0.6 is 0 Å². The van der Waals surface area contributed by atoms with Crippen LogP contribution in [0.3, 0.4) is 0 Å². The number of hydrogen-bond acceptors (Lipinski definition) is 6. The summed E-state index contributed by atoms with van der Waals surface area (Å²) in [5.74, 6) is 0.608. The van der Waals surface area contributed by atoms with Crippen LogP contribution in [0.1, 0.15) is 30.2 Å². The summed E-state index contributed by atoms with van der Waals surface area (Å²) in [4.78, 5) is 1.98. The van der Waals surface area contributed by atoms with Crippen molar-refractivity contribution < 1.29 is 4.42 Å². The summed E-state index contributed by atoms with van der Waals surface area (Å²) in [6.45, 7) is 7.48. The average molecular weight is 278 g/mol. The van der Waals surface area contributed by atoms with Crippen LogP contribution in [0.5, 0.6) is 0 Å². The second-order valence-corrected chi connectivity index (χ2v) is 5.34. The highest BCUT2D eigenvalue weighted by Crippen LogP contribution is 2.12. The Hall–Kier alpha value is -1.89. The van der Waals surface area contributed by atoms with Gasteiger partial charge in [0, 0.05) is 12.2 Å². The molecule has 1 N–H and O–H groups in total. The SMILES string of the molecule is Cc1cc(C)n(C(C)CNc2nnc(CN(C)C)o2)n1. The number of hydrogen-bond donors (Lipinski definition) is 1. The smallest absolute Gasteiger partial charge is 0.315 e. The lowest BCUT2D eigenvalue weighted by Gasteiger charge is -2.14. The highest BCUT2D eigenvalue weighted by Gasteiger charge is 2.11. The van der Waals surface area contributed by atoms with E-state index in [2.05, 4.69) is 40.5 Å². The van der Waals surface area contributed by atoms with Crippen molar-refractivity contribution in [2.24, 2.45) is 0 Å². The monoisotopic (exact) mass is 278 g/mol. The molecule has 110 valence electrons. The quantitative estimate of drug-likeness (QED) is 0.865. The Balaban J connectivity index is 1.91. The van der Waals surface area contributed by atoms with E-state index < -0.39 is 0 Å². The fourth-order valence-electron chi connectivity index (χ4n) is 2.07. The van der Waals surface area contributed by atoms with Gasteiger partial charge >= 0.3 is 6.01 Å². The molecule has 0 radical (unpaired) electrons. The summed E-state index contributed by atoms with van der Waals surface area (Å²) in [6, 6.07) is 2.74. The Morgan fingerprint density at radius 1 is 1.35 bits per heavy atom. The zero-order valence-electron chi connectivity index (χ0n) is 12.7. The number of anilines is 1. The van der Waals surface area contributed by atoms with Crippen molar-refractivity contribution in [3.8, 4) is 0 Å². The van der Waals surface area contributed by atoms with Gasteiger partial charge in [-0.25, -0.2) is 0 Å². The second kappa shape index (κ2) is 6.04. The molecular weight excluding hydrogens is 256 g/mol. The van der Waals surface area contributed by atoms with Crippen LogP contribution in [0.15, 0.2) is 10.5 Å². The van der Waals surface area contributed by atoms with E-state index in [1.165, 1.54) is 0 Å². The second-order valence-electron chi connectivity index (χ2n) is 5.34. The van der Waals surface area contributed by atoms with Crippen molar-refractivity contribution in [3.05, 3.63) is 23.3 Å². The van der Waals surface area contributed by atoms with Crippen LogP contribution in [0.4, 0.5) is 6.01 Å². The Morgan fingerprint density at radius 3 is 2.70 bits per heavy atom. The van der Waals surface area contributed by atoms with Crippen molar-refractivity contribution in [3.63, 3.8) is 0 Å². The van der Waals surface area contributed by atoms with Crippen LogP contribution in [0.25, 0.3) is 0 Å². The topological polar surface area (TPSA) is 72.0 Å². The molecule has 1 unspecified atom stereocenters. The van der Waals surface area contributed by atoms with E-state index in [1.807, 2.05) is 30.6 Å². The summed E-state index contributed by atoms with van der Waals surface area (Å²) in [6.07, 6.45) is 0. The van der Waals surface area contributed by atoms with Gasteiger partial charge in [0.15, 0.2) is 0 Å². The van der Waals surface area contributed by atoms with Gasteiger partial charge in [-0.3, -0.25) is 4.68 Å². The van der Waals surface area contributed by atoms with Gasteiger partial charge in [0.05, 0.1) is 18.3 Å². The lowest BCUT2D eigenvalue weighted by Crippen LogP contribution is -2.18. The van der Waals surface area contributed by atoms with Gasteiger partial charge in [0.2, 0.25) is 5.89 Å². The fourth-order valence-corrected chi connectivity index (χ4v) is 2.07. The summed E-state index contributed by atoms with van der Waals surface area (Å²) in [5, 5.41) is 15.6. The van der Waals surface area contributed by atoms with Gasteiger partial charge in [-0.1, -0.05) is 5.10 Å². The fraction of sp³-hybridized carbons (Fsp3) is 0.615. The first-order chi connectivity index (χ1) is 9.45. The molecule has 0 saturated heterocycles. The van der Waals surface area contributed by atoms with E-state index in [9.17, 15) is 0 Å². The maximum atomic E-state index is 5.51. The minimum atomic E-state index is 0.216. The third-order valence-electron chi connectivity index (χ3n) is 2.93. The lowest BCUT2D eigenvalue weighted by atomic mass is 10.3. The Labute approximate surface area is 119 Å². The molecule has 2 aromatic rings. The standard InChI is InChI=1S/C13H22N6O/c1-9-6-10(2)19(17-9)11(3)7-14-13-16-15-12(20-13)8-18(4)5/h6,11H,7-8H2,1-5H3,(H,14,16). The first-order valence-corrected chi connectivity index (χ1v) is 6.69. The number of nitrogens with one attached hydrogen (secondary N) is 1. The van der Waals surface area contributed by atoms with E-state index >= 15 is 0 Å².